The van der Waals surface area contributed by atoms with E-state index in [2.05, 4.69) is 25.6 Å². The van der Waals surface area contributed by atoms with Gasteiger partial charge in [-0.05, 0) is 12.8 Å². The third kappa shape index (κ3) is 2.99. The highest BCUT2D eigenvalue weighted by Gasteiger charge is 2.31. The number of nitrogens with one attached hydrogen (secondary N) is 1. The van der Waals surface area contributed by atoms with E-state index in [4.69, 9.17) is 4.74 Å². The van der Waals surface area contributed by atoms with E-state index in [0.717, 1.165) is 38.0 Å². The molecule has 0 bridgehead atoms. The molecule has 2 aliphatic rings. The van der Waals surface area contributed by atoms with Crippen LogP contribution in [0.25, 0.3) is 0 Å². The summed E-state index contributed by atoms with van der Waals surface area (Å²) in [4.78, 5) is 14.4. The minimum atomic E-state index is -0.148. The van der Waals surface area contributed by atoms with E-state index in [9.17, 15) is 4.79 Å². The number of carbonyl (C=O) groups excluding carboxylic acids is 1. The SMILES string of the molecule is COc1nn(C)cc1CN1CC(NC(=O)c2cn(C3CC3)nn2)C1. The Morgan fingerprint density at radius 1 is 1.38 bits per heavy atom. The highest BCUT2D eigenvalue weighted by molar-refractivity contribution is 5.92. The summed E-state index contributed by atoms with van der Waals surface area (Å²) in [6.07, 6.45) is 5.95. The van der Waals surface area contributed by atoms with Crippen LogP contribution in [0.5, 0.6) is 5.88 Å². The van der Waals surface area contributed by atoms with Crippen molar-refractivity contribution in [3.05, 3.63) is 23.7 Å². The van der Waals surface area contributed by atoms with Crippen LogP contribution in [0.3, 0.4) is 0 Å². The fraction of sp³-hybridized carbons (Fsp3) is 0.600. The molecule has 1 saturated heterocycles. The largest absolute Gasteiger partial charge is 0.480 e. The molecule has 0 atom stereocenters. The van der Waals surface area contributed by atoms with Gasteiger partial charge in [-0.25, -0.2) is 4.68 Å². The van der Waals surface area contributed by atoms with Crippen LogP contribution < -0.4 is 10.1 Å². The summed E-state index contributed by atoms with van der Waals surface area (Å²) in [5.41, 5.74) is 1.45. The molecule has 4 rings (SSSR count). The quantitative estimate of drug-likeness (QED) is 0.799. The lowest BCUT2D eigenvalue weighted by molar-refractivity contribution is 0.0788. The zero-order valence-electron chi connectivity index (χ0n) is 13.8. The molecule has 1 N–H and O–H groups in total. The van der Waals surface area contributed by atoms with Crippen LogP contribution in [0, 0.1) is 0 Å². The summed E-state index contributed by atoms with van der Waals surface area (Å²) in [5.74, 6) is 0.507. The number of aryl methyl sites for hydroxylation is 1. The average Bonchev–Trinajstić information content (AvgIpc) is 3.14. The van der Waals surface area contributed by atoms with Gasteiger partial charge in [0.1, 0.15) is 0 Å². The average molecular weight is 331 g/mol. The Hall–Kier alpha value is -2.42. The standard InChI is InChI=1S/C15H21N7O2/c1-20-5-10(15(18-20)24-2)6-21-7-11(8-21)16-14(23)13-9-22(19-17-13)12-3-4-12/h5,9,11-12H,3-4,6-8H2,1-2H3,(H,16,23). The van der Waals surface area contributed by atoms with E-state index in [1.54, 1.807) is 22.7 Å². The van der Waals surface area contributed by atoms with E-state index in [1.807, 2.05) is 13.2 Å². The second-order valence-corrected chi connectivity index (χ2v) is 6.52. The van der Waals surface area contributed by atoms with Gasteiger partial charge in [0.15, 0.2) is 5.69 Å². The predicted octanol–water partition coefficient (Wildman–Crippen LogP) is -0.0307. The molecule has 3 heterocycles. The molecule has 0 radical (unpaired) electrons. The minimum Gasteiger partial charge on any atom is -0.480 e. The van der Waals surface area contributed by atoms with E-state index in [-0.39, 0.29) is 11.9 Å². The second-order valence-electron chi connectivity index (χ2n) is 6.52. The number of ether oxygens (including phenoxy) is 1. The predicted molar refractivity (Wildman–Crippen MR) is 84.6 cm³/mol. The highest BCUT2D eigenvalue weighted by Crippen LogP contribution is 2.33. The molecule has 2 aromatic heterocycles. The molecule has 1 aliphatic heterocycles. The van der Waals surface area contributed by atoms with E-state index >= 15 is 0 Å². The Morgan fingerprint density at radius 2 is 2.17 bits per heavy atom. The van der Waals surface area contributed by atoms with Crippen molar-refractivity contribution in [1.29, 1.82) is 0 Å². The number of nitrogens with zero attached hydrogens (tertiary/aromatic N) is 6. The first-order valence-electron chi connectivity index (χ1n) is 8.14. The van der Waals surface area contributed by atoms with Crippen molar-refractivity contribution < 1.29 is 9.53 Å². The molecule has 24 heavy (non-hydrogen) atoms. The van der Waals surface area contributed by atoms with Crippen molar-refractivity contribution in [3.8, 4) is 5.88 Å². The summed E-state index contributed by atoms with van der Waals surface area (Å²) in [6, 6.07) is 0.582. The van der Waals surface area contributed by atoms with Gasteiger partial charge in [0.05, 0.1) is 25.4 Å². The molecule has 1 aliphatic carbocycles. The van der Waals surface area contributed by atoms with Crippen LogP contribution in [-0.4, -0.2) is 61.8 Å². The third-order valence-corrected chi connectivity index (χ3v) is 4.41. The first-order chi connectivity index (χ1) is 11.6. The molecule has 2 fully saturated rings. The maximum Gasteiger partial charge on any atom is 0.273 e. The van der Waals surface area contributed by atoms with Crippen LogP contribution in [-0.2, 0) is 13.6 Å². The smallest absolute Gasteiger partial charge is 0.273 e. The first kappa shape index (κ1) is 15.1. The van der Waals surface area contributed by atoms with Crippen LogP contribution in [0.15, 0.2) is 12.4 Å². The summed E-state index contributed by atoms with van der Waals surface area (Å²) in [7, 11) is 3.50. The Bertz CT molecular complexity index is 743. The lowest BCUT2D eigenvalue weighted by atomic mass is 10.1. The van der Waals surface area contributed by atoms with Crippen LogP contribution >= 0.6 is 0 Å². The summed E-state index contributed by atoms with van der Waals surface area (Å²) >= 11 is 0. The number of rotatable bonds is 6. The summed E-state index contributed by atoms with van der Waals surface area (Å²) in [5, 5.41) is 15.2. The second kappa shape index (κ2) is 5.90. The van der Waals surface area contributed by atoms with Crippen molar-refractivity contribution in [2.24, 2.45) is 7.05 Å². The number of amides is 1. The molecule has 0 spiro atoms. The van der Waals surface area contributed by atoms with Gasteiger partial charge in [0.2, 0.25) is 5.88 Å². The van der Waals surface area contributed by atoms with Crippen LogP contribution in [0.1, 0.15) is 34.9 Å². The van der Waals surface area contributed by atoms with Crippen molar-refractivity contribution in [2.75, 3.05) is 20.2 Å². The minimum absolute atomic E-state index is 0.145. The maximum absolute atomic E-state index is 12.2. The lowest BCUT2D eigenvalue weighted by Crippen LogP contribution is -2.58. The van der Waals surface area contributed by atoms with Crippen molar-refractivity contribution in [2.45, 2.75) is 31.5 Å². The van der Waals surface area contributed by atoms with Gasteiger partial charge in [-0.2, -0.15) is 0 Å². The maximum atomic E-state index is 12.2. The monoisotopic (exact) mass is 331 g/mol. The van der Waals surface area contributed by atoms with Crippen LogP contribution in [0.4, 0.5) is 0 Å². The van der Waals surface area contributed by atoms with Gasteiger partial charge in [0.25, 0.3) is 5.91 Å². The molecule has 2 aromatic rings. The van der Waals surface area contributed by atoms with Gasteiger partial charge in [-0.1, -0.05) is 5.21 Å². The van der Waals surface area contributed by atoms with Crippen molar-refractivity contribution >= 4 is 5.91 Å². The number of hydrogen-bond donors (Lipinski definition) is 1. The third-order valence-electron chi connectivity index (χ3n) is 4.41. The van der Waals surface area contributed by atoms with E-state index < -0.39 is 0 Å². The van der Waals surface area contributed by atoms with Crippen molar-refractivity contribution in [3.63, 3.8) is 0 Å². The fourth-order valence-electron chi connectivity index (χ4n) is 2.99. The number of methoxy groups -OCH3 is 1. The number of aromatic nitrogens is 5. The van der Waals surface area contributed by atoms with Gasteiger partial charge in [0, 0.05) is 38.4 Å². The Morgan fingerprint density at radius 3 is 2.88 bits per heavy atom. The molecule has 0 aromatic carbocycles. The fourth-order valence-corrected chi connectivity index (χ4v) is 2.99. The molecular formula is C15H21N7O2. The normalized spacial score (nSPS) is 18.4. The molecule has 1 amide bonds. The Labute approximate surface area is 139 Å². The Kier molecular flexibility index (Phi) is 3.72. The van der Waals surface area contributed by atoms with Crippen LogP contribution in [0.2, 0.25) is 0 Å². The molecule has 9 heteroatoms. The summed E-state index contributed by atoms with van der Waals surface area (Å²) < 4.78 is 8.80. The van der Waals surface area contributed by atoms with E-state index in [0.29, 0.717) is 17.6 Å². The molecule has 128 valence electrons. The Balaban J connectivity index is 1.27. The van der Waals surface area contributed by atoms with Gasteiger partial charge in [-0.3, -0.25) is 14.4 Å². The van der Waals surface area contributed by atoms with Gasteiger partial charge >= 0.3 is 0 Å². The van der Waals surface area contributed by atoms with Gasteiger partial charge in [-0.15, -0.1) is 10.2 Å². The number of likely N-dealkylation sites (tertiary alicyclic amines) is 1. The lowest BCUT2D eigenvalue weighted by Gasteiger charge is -2.39. The molecule has 9 nitrogen and oxygen atoms in total. The molecule has 0 unspecified atom stereocenters. The summed E-state index contributed by atoms with van der Waals surface area (Å²) in [6.45, 7) is 2.38. The number of hydrogen-bond acceptors (Lipinski definition) is 6. The topological polar surface area (TPSA) is 90.1 Å². The number of carbonyl (C=O) groups is 1. The molecular weight excluding hydrogens is 310 g/mol. The van der Waals surface area contributed by atoms with E-state index in [1.165, 1.54) is 0 Å². The zero-order valence-corrected chi connectivity index (χ0v) is 13.8. The van der Waals surface area contributed by atoms with Gasteiger partial charge < -0.3 is 10.1 Å². The van der Waals surface area contributed by atoms with Crippen molar-refractivity contribution in [1.82, 2.24) is 35.0 Å². The zero-order chi connectivity index (χ0) is 16.7. The molecule has 1 saturated carbocycles. The highest BCUT2D eigenvalue weighted by atomic mass is 16.5. The first-order valence-corrected chi connectivity index (χ1v) is 8.14.